The largest absolute Gasteiger partial charge is 0.493 e. The number of aliphatic hydroxyl groups excluding tert-OH is 1. The van der Waals surface area contributed by atoms with Crippen LogP contribution in [0.5, 0.6) is 17.2 Å². The topological polar surface area (TPSA) is 82.4 Å². The maximum Gasteiger partial charge on any atom is 0.340 e. The summed E-state index contributed by atoms with van der Waals surface area (Å²) in [5.41, 5.74) is 6.75. The van der Waals surface area contributed by atoms with Gasteiger partial charge < -0.3 is 28.6 Å². The van der Waals surface area contributed by atoms with Crippen LogP contribution in [-0.2, 0) is 17.7 Å². The number of benzene rings is 3. The Morgan fingerprint density at radius 2 is 1.73 bits per heavy atom. The maximum absolute atomic E-state index is 13.0. The van der Waals surface area contributed by atoms with E-state index < -0.39 is 6.10 Å². The molecule has 0 fully saturated rings. The van der Waals surface area contributed by atoms with Gasteiger partial charge in [-0.1, -0.05) is 18.2 Å². The zero-order valence-electron chi connectivity index (χ0n) is 24.4. The third kappa shape index (κ3) is 5.76. The molecule has 0 spiro atoms. The number of rotatable bonds is 10. The van der Waals surface area contributed by atoms with E-state index in [1.807, 2.05) is 55.5 Å². The third-order valence-corrected chi connectivity index (χ3v) is 7.72. The Bertz CT molecular complexity index is 1560. The molecule has 0 radical (unpaired) electrons. The van der Waals surface area contributed by atoms with Crippen LogP contribution in [0.3, 0.4) is 0 Å². The van der Waals surface area contributed by atoms with E-state index in [1.54, 1.807) is 21.1 Å². The number of nitrogens with zero attached hydrogens (tertiary/aromatic N) is 2. The van der Waals surface area contributed by atoms with Gasteiger partial charge in [0.05, 0.1) is 31.9 Å². The van der Waals surface area contributed by atoms with Crippen LogP contribution in [0.2, 0.25) is 0 Å². The van der Waals surface area contributed by atoms with Crippen molar-refractivity contribution in [3.05, 3.63) is 82.5 Å². The summed E-state index contributed by atoms with van der Waals surface area (Å²) >= 11 is 0. The molecule has 1 aliphatic heterocycles. The van der Waals surface area contributed by atoms with Crippen LogP contribution in [0.25, 0.3) is 16.6 Å². The van der Waals surface area contributed by atoms with Gasteiger partial charge in [-0.3, -0.25) is 4.90 Å². The van der Waals surface area contributed by atoms with E-state index in [4.69, 9.17) is 18.9 Å². The number of aliphatic hydroxyl groups is 1. The minimum atomic E-state index is -0.685. The summed E-state index contributed by atoms with van der Waals surface area (Å²) in [7, 11) is 3.28. The summed E-state index contributed by atoms with van der Waals surface area (Å²) in [5, 5.41) is 11.6. The third-order valence-electron chi connectivity index (χ3n) is 7.72. The number of aryl methyl sites for hydroxylation is 1. The molecular formula is C33H38N2O6. The summed E-state index contributed by atoms with van der Waals surface area (Å²) < 4.78 is 24.5. The van der Waals surface area contributed by atoms with Gasteiger partial charge in [0.1, 0.15) is 18.5 Å². The van der Waals surface area contributed by atoms with Crippen LogP contribution in [0.4, 0.5) is 0 Å². The second-order valence-electron chi connectivity index (χ2n) is 10.4. The Balaban J connectivity index is 1.33. The highest BCUT2D eigenvalue weighted by Crippen LogP contribution is 2.35. The van der Waals surface area contributed by atoms with E-state index in [9.17, 15) is 9.90 Å². The molecule has 1 aliphatic rings. The zero-order chi connectivity index (χ0) is 29.1. The summed E-state index contributed by atoms with van der Waals surface area (Å²) in [6, 6.07) is 17.9. The van der Waals surface area contributed by atoms with E-state index in [2.05, 4.69) is 22.5 Å². The number of esters is 1. The van der Waals surface area contributed by atoms with Gasteiger partial charge in [0.2, 0.25) is 0 Å². The lowest BCUT2D eigenvalue weighted by Gasteiger charge is -2.31. The van der Waals surface area contributed by atoms with Crippen molar-refractivity contribution in [2.75, 3.05) is 40.5 Å². The van der Waals surface area contributed by atoms with Crippen LogP contribution in [0.1, 0.15) is 39.7 Å². The Labute approximate surface area is 241 Å². The number of methoxy groups -OCH3 is 2. The van der Waals surface area contributed by atoms with Crippen molar-refractivity contribution in [3.8, 4) is 22.9 Å². The molecule has 0 saturated carbocycles. The first-order valence-corrected chi connectivity index (χ1v) is 14.0. The van der Waals surface area contributed by atoms with Gasteiger partial charge in [-0.2, -0.15) is 0 Å². The second kappa shape index (κ2) is 12.2. The van der Waals surface area contributed by atoms with Gasteiger partial charge in [0.25, 0.3) is 0 Å². The Morgan fingerprint density at radius 1 is 1.00 bits per heavy atom. The normalized spacial score (nSPS) is 14.0. The number of carbonyl (C=O) groups excluding carboxylic acids is 1. The number of β-amino-alcohol motifs (C(OH)–C–C–N with tert-alkyl or cyclic N) is 1. The quantitative estimate of drug-likeness (QED) is 0.267. The highest BCUT2D eigenvalue weighted by atomic mass is 16.5. The van der Waals surface area contributed by atoms with Crippen LogP contribution >= 0.6 is 0 Å². The van der Waals surface area contributed by atoms with Gasteiger partial charge in [-0.15, -0.1) is 0 Å². The molecule has 1 atom stereocenters. The van der Waals surface area contributed by atoms with E-state index in [0.29, 0.717) is 36.8 Å². The average molecular weight is 559 g/mol. The molecule has 0 bridgehead atoms. The second-order valence-corrected chi connectivity index (χ2v) is 10.4. The monoisotopic (exact) mass is 558 g/mol. The molecule has 41 heavy (non-hydrogen) atoms. The maximum atomic E-state index is 13.0. The predicted molar refractivity (Wildman–Crippen MR) is 159 cm³/mol. The van der Waals surface area contributed by atoms with Crippen LogP contribution in [0.15, 0.2) is 54.6 Å². The molecule has 1 N–H and O–H groups in total. The molecule has 2 heterocycles. The molecule has 0 amide bonds. The molecule has 216 valence electrons. The van der Waals surface area contributed by atoms with Crippen molar-refractivity contribution in [2.45, 2.75) is 39.8 Å². The fourth-order valence-electron chi connectivity index (χ4n) is 5.71. The number of para-hydroxylation sites is 1. The number of hydrogen-bond acceptors (Lipinski definition) is 7. The first kappa shape index (κ1) is 28.5. The fourth-order valence-corrected chi connectivity index (χ4v) is 5.71. The molecular weight excluding hydrogens is 520 g/mol. The van der Waals surface area contributed by atoms with Crippen molar-refractivity contribution < 1.29 is 28.8 Å². The minimum absolute atomic E-state index is 0.132. The van der Waals surface area contributed by atoms with Gasteiger partial charge in [0.15, 0.2) is 11.5 Å². The summed E-state index contributed by atoms with van der Waals surface area (Å²) in [6.07, 6.45) is 0.184. The van der Waals surface area contributed by atoms with Crippen molar-refractivity contribution in [1.82, 2.24) is 9.47 Å². The average Bonchev–Trinajstić information content (AvgIpc) is 3.26. The Morgan fingerprint density at radius 3 is 2.44 bits per heavy atom. The van der Waals surface area contributed by atoms with Gasteiger partial charge >= 0.3 is 5.97 Å². The van der Waals surface area contributed by atoms with Gasteiger partial charge in [-0.05, 0) is 80.3 Å². The zero-order valence-corrected chi connectivity index (χ0v) is 24.4. The summed E-state index contributed by atoms with van der Waals surface area (Å²) in [5.74, 6) is 1.67. The smallest absolute Gasteiger partial charge is 0.340 e. The number of carbonyl (C=O) groups is 1. The number of ether oxygens (including phenoxy) is 4. The number of aromatic nitrogens is 1. The molecule has 1 unspecified atom stereocenters. The van der Waals surface area contributed by atoms with Crippen LogP contribution in [-0.4, -0.2) is 67.2 Å². The van der Waals surface area contributed by atoms with Crippen LogP contribution in [0, 0.1) is 13.8 Å². The molecule has 0 saturated heterocycles. The van der Waals surface area contributed by atoms with E-state index in [0.717, 1.165) is 46.6 Å². The standard InChI is InChI=1S/C33H38N2O6/c1-6-40-33(37)32-22(3)35(28-10-8-7-9-21(28)2)29-12-11-26(17-27(29)32)41-20-25(36)19-34-14-13-23-15-30(38-4)31(39-5)16-24(23)18-34/h7-12,15-17,25,36H,6,13-14,18-20H2,1-5H3. The number of fused-ring (bicyclic) bond motifs is 2. The Kier molecular flexibility index (Phi) is 8.52. The lowest BCUT2D eigenvalue weighted by atomic mass is 9.98. The molecule has 1 aromatic heterocycles. The SMILES string of the molecule is CCOC(=O)c1c(C)n(-c2ccccc2C)c2ccc(OCC(O)CN3CCc4cc(OC)c(OC)cc4C3)cc12. The summed E-state index contributed by atoms with van der Waals surface area (Å²) in [4.78, 5) is 15.3. The molecule has 8 nitrogen and oxygen atoms in total. The Hall–Kier alpha value is -4.01. The van der Waals surface area contributed by atoms with Gasteiger partial charge in [0, 0.05) is 36.4 Å². The van der Waals surface area contributed by atoms with Crippen molar-refractivity contribution >= 4 is 16.9 Å². The molecule has 0 aliphatic carbocycles. The highest BCUT2D eigenvalue weighted by Gasteiger charge is 2.24. The first-order valence-electron chi connectivity index (χ1n) is 14.0. The predicted octanol–water partition coefficient (Wildman–Crippen LogP) is 5.24. The van der Waals surface area contributed by atoms with Crippen molar-refractivity contribution in [2.24, 2.45) is 0 Å². The molecule has 8 heteroatoms. The first-order chi connectivity index (χ1) is 19.8. The molecule has 4 aromatic rings. The molecule has 5 rings (SSSR count). The summed E-state index contributed by atoms with van der Waals surface area (Å²) in [6.45, 7) is 8.24. The van der Waals surface area contributed by atoms with Gasteiger partial charge in [-0.25, -0.2) is 4.79 Å². The lowest BCUT2D eigenvalue weighted by molar-refractivity contribution is 0.0527. The van der Waals surface area contributed by atoms with E-state index in [1.165, 1.54) is 11.1 Å². The molecule has 3 aromatic carbocycles. The van der Waals surface area contributed by atoms with E-state index >= 15 is 0 Å². The van der Waals surface area contributed by atoms with Crippen molar-refractivity contribution in [3.63, 3.8) is 0 Å². The highest BCUT2D eigenvalue weighted by molar-refractivity contribution is 6.07. The van der Waals surface area contributed by atoms with Crippen LogP contribution < -0.4 is 14.2 Å². The lowest BCUT2D eigenvalue weighted by Crippen LogP contribution is -2.38. The van der Waals surface area contributed by atoms with E-state index in [-0.39, 0.29) is 12.6 Å². The van der Waals surface area contributed by atoms with Crippen molar-refractivity contribution in [1.29, 1.82) is 0 Å². The minimum Gasteiger partial charge on any atom is -0.493 e. The fraction of sp³-hybridized carbons (Fsp3) is 0.364. The number of hydrogen-bond donors (Lipinski definition) is 1.